The first kappa shape index (κ1) is 13.9. The van der Waals surface area contributed by atoms with Gasteiger partial charge in [-0.25, -0.2) is 9.59 Å². The van der Waals surface area contributed by atoms with E-state index in [2.05, 4.69) is 19.2 Å². The zero-order valence-electron chi connectivity index (χ0n) is 11.0. The van der Waals surface area contributed by atoms with E-state index in [0.717, 1.165) is 19.5 Å². The number of anilines is 1. The molecule has 0 saturated carbocycles. The summed E-state index contributed by atoms with van der Waals surface area (Å²) >= 11 is 1.23. The van der Waals surface area contributed by atoms with E-state index in [1.807, 2.05) is 0 Å². The van der Waals surface area contributed by atoms with Gasteiger partial charge in [0, 0.05) is 13.1 Å². The van der Waals surface area contributed by atoms with Crippen LogP contribution in [-0.4, -0.2) is 35.1 Å². The molecule has 2 amide bonds. The zero-order chi connectivity index (χ0) is 14.0. The van der Waals surface area contributed by atoms with Crippen molar-refractivity contribution in [3.05, 3.63) is 17.0 Å². The molecule has 0 aromatic carbocycles. The van der Waals surface area contributed by atoms with Gasteiger partial charge in [0.25, 0.3) is 0 Å². The zero-order valence-corrected chi connectivity index (χ0v) is 11.9. The third kappa shape index (κ3) is 3.07. The van der Waals surface area contributed by atoms with Gasteiger partial charge in [-0.05, 0) is 29.7 Å². The normalized spacial score (nSPS) is 23.2. The molecule has 0 spiro atoms. The van der Waals surface area contributed by atoms with Gasteiger partial charge in [0.15, 0.2) is 0 Å². The second-order valence-electron chi connectivity index (χ2n) is 5.09. The molecular formula is C13H18N2O3S. The maximum atomic E-state index is 12.1. The van der Waals surface area contributed by atoms with Gasteiger partial charge in [-0.2, -0.15) is 0 Å². The Hall–Kier alpha value is -1.56. The van der Waals surface area contributed by atoms with Gasteiger partial charge < -0.3 is 10.0 Å². The Kier molecular flexibility index (Phi) is 4.09. The molecule has 2 N–H and O–H groups in total. The number of piperidine rings is 1. The average molecular weight is 282 g/mol. The molecule has 1 aliphatic heterocycles. The van der Waals surface area contributed by atoms with Crippen LogP contribution in [0.2, 0.25) is 0 Å². The Morgan fingerprint density at radius 2 is 2.16 bits per heavy atom. The molecule has 1 fully saturated rings. The predicted octanol–water partition coefficient (Wildman–Crippen LogP) is 2.96. The monoisotopic (exact) mass is 282 g/mol. The first-order valence-corrected chi connectivity index (χ1v) is 7.23. The number of rotatable bonds is 2. The minimum atomic E-state index is -1.02. The fourth-order valence-corrected chi connectivity index (χ4v) is 2.97. The number of aromatic carboxylic acids is 1. The molecule has 1 aliphatic rings. The quantitative estimate of drug-likeness (QED) is 0.876. The van der Waals surface area contributed by atoms with Crippen molar-refractivity contribution in [2.45, 2.75) is 20.3 Å². The standard InChI is InChI=1S/C13H18N2O3S/c1-8-3-5-15(7-9(8)2)13(18)14-11-10(12(16)17)4-6-19-11/h4,6,8-9H,3,5,7H2,1-2H3,(H,14,18)(H,16,17). The molecule has 0 radical (unpaired) electrons. The summed E-state index contributed by atoms with van der Waals surface area (Å²) in [6.07, 6.45) is 0.991. The van der Waals surface area contributed by atoms with Crippen LogP contribution >= 0.6 is 11.3 Å². The first-order chi connectivity index (χ1) is 8.99. The fraction of sp³-hybridized carbons (Fsp3) is 0.538. The molecular weight excluding hydrogens is 264 g/mol. The van der Waals surface area contributed by atoms with Gasteiger partial charge in [0.2, 0.25) is 0 Å². The van der Waals surface area contributed by atoms with Gasteiger partial charge >= 0.3 is 12.0 Å². The number of carbonyl (C=O) groups is 2. The van der Waals surface area contributed by atoms with Crippen molar-refractivity contribution in [1.29, 1.82) is 0 Å². The fourth-order valence-electron chi connectivity index (χ4n) is 2.20. The largest absolute Gasteiger partial charge is 0.478 e. The number of amides is 2. The lowest BCUT2D eigenvalue weighted by atomic mass is 9.89. The Labute approximate surface area is 116 Å². The highest BCUT2D eigenvalue weighted by Gasteiger charge is 2.26. The number of urea groups is 1. The molecule has 0 aliphatic carbocycles. The Morgan fingerprint density at radius 3 is 2.79 bits per heavy atom. The highest BCUT2D eigenvalue weighted by Crippen LogP contribution is 2.26. The molecule has 1 aromatic heterocycles. The number of carbonyl (C=O) groups excluding carboxylic acids is 1. The summed E-state index contributed by atoms with van der Waals surface area (Å²) in [5, 5.41) is 13.8. The van der Waals surface area contributed by atoms with Crippen LogP contribution in [-0.2, 0) is 0 Å². The predicted molar refractivity (Wildman–Crippen MR) is 74.8 cm³/mol. The van der Waals surface area contributed by atoms with E-state index in [4.69, 9.17) is 5.11 Å². The third-order valence-electron chi connectivity index (χ3n) is 3.74. The highest BCUT2D eigenvalue weighted by molar-refractivity contribution is 7.14. The lowest BCUT2D eigenvalue weighted by molar-refractivity contribution is 0.0698. The highest BCUT2D eigenvalue weighted by atomic mass is 32.1. The molecule has 6 heteroatoms. The molecule has 2 unspecified atom stereocenters. The number of thiophene rings is 1. The number of carboxylic acids is 1. The smallest absolute Gasteiger partial charge is 0.338 e. The van der Waals surface area contributed by atoms with Crippen molar-refractivity contribution in [2.24, 2.45) is 11.8 Å². The SMILES string of the molecule is CC1CCN(C(=O)Nc2sccc2C(=O)O)CC1C. The van der Waals surface area contributed by atoms with Crippen LogP contribution in [0, 0.1) is 11.8 Å². The van der Waals surface area contributed by atoms with Gasteiger partial charge in [-0.15, -0.1) is 11.3 Å². The summed E-state index contributed by atoms with van der Waals surface area (Å²) in [6.45, 7) is 5.78. The number of hydrogen-bond donors (Lipinski definition) is 2. The molecule has 2 rings (SSSR count). The van der Waals surface area contributed by atoms with E-state index in [1.165, 1.54) is 17.4 Å². The van der Waals surface area contributed by atoms with Crippen molar-refractivity contribution >= 4 is 28.3 Å². The Balaban J connectivity index is 2.01. The van der Waals surface area contributed by atoms with Crippen LogP contribution in [0.5, 0.6) is 0 Å². The van der Waals surface area contributed by atoms with Crippen molar-refractivity contribution in [1.82, 2.24) is 4.90 Å². The van der Waals surface area contributed by atoms with E-state index in [1.54, 1.807) is 10.3 Å². The van der Waals surface area contributed by atoms with E-state index >= 15 is 0 Å². The second kappa shape index (κ2) is 5.61. The number of carboxylic acid groups (broad SMARTS) is 1. The van der Waals surface area contributed by atoms with Crippen LogP contribution in [0.1, 0.15) is 30.6 Å². The maximum Gasteiger partial charge on any atom is 0.338 e. The maximum absolute atomic E-state index is 12.1. The van der Waals surface area contributed by atoms with E-state index < -0.39 is 5.97 Å². The number of nitrogens with zero attached hydrogens (tertiary/aromatic N) is 1. The van der Waals surface area contributed by atoms with Crippen LogP contribution < -0.4 is 5.32 Å². The second-order valence-corrected chi connectivity index (χ2v) is 6.00. The van der Waals surface area contributed by atoms with Gasteiger partial charge in [-0.1, -0.05) is 13.8 Å². The minimum absolute atomic E-state index is 0.150. The van der Waals surface area contributed by atoms with Crippen LogP contribution in [0.25, 0.3) is 0 Å². The summed E-state index contributed by atoms with van der Waals surface area (Å²) in [7, 11) is 0. The molecule has 5 nitrogen and oxygen atoms in total. The molecule has 1 aromatic rings. The van der Waals surface area contributed by atoms with Crippen molar-refractivity contribution in [3.63, 3.8) is 0 Å². The Bertz CT molecular complexity index is 486. The topological polar surface area (TPSA) is 69.6 Å². The molecule has 1 saturated heterocycles. The third-order valence-corrected chi connectivity index (χ3v) is 4.57. The first-order valence-electron chi connectivity index (χ1n) is 6.35. The van der Waals surface area contributed by atoms with Crippen molar-refractivity contribution in [2.75, 3.05) is 18.4 Å². The number of likely N-dealkylation sites (tertiary alicyclic amines) is 1. The molecule has 2 heterocycles. The lowest BCUT2D eigenvalue weighted by Gasteiger charge is -2.35. The number of nitrogens with one attached hydrogen (secondary N) is 1. The minimum Gasteiger partial charge on any atom is -0.478 e. The lowest BCUT2D eigenvalue weighted by Crippen LogP contribution is -2.44. The van der Waals surface area contributed by atoms with Gasteiger partial charge in [0.05, 0.1) is 5.56 Å². The summed E-state index contributed by atoms with van der Waals surface area (Å²) < 4.78 is 0. The molecule has 19 heavy (non-hydrogen) atoms. The summed E-state index contributed by atoms with van der Waals surface area (Å²) in [5.41, 5.74) is 0.150. The van der Waals surface area contributed by atoms with Crippen molar-refractivity contribution in [3.8, 4) is 0 Å². The summed E-state index contributed by atoms with van der Waals surface area (Å²) in [6, 6.07) is 1.30. The number of hydrogen-bond acceptors (Lipinski definition) is 3. The van der Waals surface area contributed by atoms with Crippen molar-refractivity contribution < 1.29 is 14.7 Å². The van der Waals surface area contributed by atoms with E-state index in [0.29, 0.717) is 16.8 Å². The van der Waals surface area contributed by atoms with Crippen LogP contribution in [0.4, 0.5) is 9.80 Å². The van der Waals surface area contributed by atoms with Crippen LogP contribution in [0.3, 0.4) is 0 Å². The van der Waals surface area contributed by atoms with E-state index in [-0.39, 0.29) is 11.6 Å². The molecule has 2 atom stereocenters. The Morgan fingerprint density at radius 1 is 1.42 bits per heavy atom. The van der Waals surface area contributed by atoms with Gasteiger partial charge in [0.1, 0.15) is 5.00 Å². The van der Waals surface area contributed by atoms with E-state index in [9.17, 15) is 9.59 Å². The van der Waals surface area contributed by atoms with Gasteiger partial charge in [-0.3, -0.25) is 5.32 Å². The summed E-state index contributed by atoms with van der Waals surface area (Å²) in [5.74, 6) is 0.0827. The van der Waals surface area contributed by atoms with Crippen LogP contribution in [0.15, 0.2) is 11.4 Å². The summed E-state index contributed by atoms with van der Waals surface area (Å²) in [4.78, 5) is 24.9. The molecule has 104 valence electrons. The average Bonchev–Trinajstić information content (AvgIpc) is 2.80. The molecule has 0 bridgehead atoms.